The van der Waals surface area contributed by atoms with Crippen LogP contribution < -0.4 is 10.5 Å². The Labute approximate surface area is 120 Å². The van der Waals surface area contributed by atoms with Crippen molar-refractivity contribution < 1.29 is 9.15 Å². The van der Waals surface area contributed by atoms with Crippen molar-refractivity contribution in [1.29, 1.82) is 0 Å². The van der Waals surface area contributed by atoms with Crippen LogP contribution in [0.1, 0.15) is 44.3 Å². The Hall–Kier alpha value is -1.74. The fraction of sp³-hybridized carbons (Fsp3) is 0.412. The van der Waals surface area contributed by atoms with E-state index in [9.17, 15) is 0 Å². The third-order valence-electron chi connectivity index (χ3n) is 3.82. The quantitative estimate of drug-likeness (QED) is 0.865. The summed E-state index contributed by atoms with van der Waals surface area (Å²) >= 11 is 0. The van der Waals surface area contributed by atoms with Gasteiger partial charge in [0.15, 0.2) is 0 Å². The lowest BCUT2D eigenvalue weighted by molar-refractivity contribution is 0.266. The lowest BCUT2D eigenvalue weighted by atomic mass is 9.82. The van der Waals surface area contributed by atoms with E-state index >= 15 is 0 Å². The molecule has 3 nitrogen and oxygen atoms in total. The van der Waals surface area contributed by atoms with E-state index in [2.05, 4.69) is 32.9 Å². The number of hydrogen-bond acceptors (Lipinski definition) is 3. The minimum Gasteiger partial charge on any atom is -0.486 e. The number of benzene rings is 1. The summed E-state index contributed by atoms with van der Waals surface area (Å²) in [6.07, 6.45) is 1.11. The van der Waals surface area contributed by atoms with E-state index in [0.717, 1.165) is 23.7 Å². The van der Waals surface area contributed by atoms with Gasteiger partial charge < -0.3 is 14.9 Å². The summed E-state index contributed by atoms with van der Waals surface area (Å²) in [6.45, 7) is 7.55. The standard InChI is InChI=1S/C17H23NO2/c1-4-17(2,3)13-5-7-14(8-6-13)19-12-16-10-9-15(11-18)20-16/h5-10H,4,11-12,18H2,1-3H3. The average Bonchev–Trinajstić information content (AvgIpc) is 2.93. The summed E-state index contributed by atoms with van der Waals surface area (Å²) in [5.74, 6) is 2.43. The van der Waals surface area contributed by atoms with Crippen LogP contribution in [0.15, 0.2) is 40.8 Å². The van der Waals surface area contributed by atoms with E-state index in [1.165, 1.54) is 5.56 Å². The first-order valence-electron chi connectivity index (χ1n) is 7.06. The van der Waals surface area contributed by atoms with Crippen LogP contribution in [0.5, 0.6) is 5.75 Å². The van der Waals surface area contributed by atoms with Gasteiger partial charge in [0.25, 0.3) is 0 Å². The van der Waals surface area contributed by atoms with Crippen LogP contribution in [-0.2, 0) is 18.6 Å². The van der Waals surface area contributed by atoms with Crippen LogP contribution in [0, 0.1) is 0 Å². The molecule has 0 aliphatic heterocycles. The molecule has 0 fully saturated rings. The molecular formula is C17H23NO2. The summed E-state index contributed by atoms with van der Waals surface area (Å²) in [6, 6.07) is 12.1. The predicted octanol–water partition coefficient (Wildman–Crippen LogP) is 4.00. The van der Waals surface area contributed by atoms with E-state index in [0.29, 0.717) is 13.2 Å². The summed E-state index contributed by atoms with van der Waals surface area (Å²) in [5, 5.41) is 0. The van der Waals surface area contributed by atoms with Crippen LogP contribution in [0.4, 0.5) is 0 Å². The van der Waals surface area contributed by atoms with Crippen LogP contribution >= 0.6 is 0 Å². The van der Waals surface area contributed by atoms with Crippen molar-refractivity contribution in [3.63, 3.8) is 0 Å². The zero-order valence-electron chi connectivity index (χ0n) is 12.5. The number of ether oxygens (including phenoxy) is 1. The van der Waals surface area contributed by atoms with Gasteiger partial charge in [0, 0.05) is 0 Å². The van der Waals surface area contributed by atoms with Crippen molar-refractivity contribution in [2.24, 2.45) is 5.73 Å². The Morgan fingerprint density at radius 1 is 1.05 bits per heavy atom. The van der Waals surface area contributed by atoms with Gasteiger partial charge in [-0.15, -0.1) is 0 Å². The van der Waals surface area contributed by atoms with E-state index in [1.807, 2.05) is 24.3 Å². The third kappa shape index (κ3) is 3.42. The number of furan rings is 1. The maximum absolute atomic E-state index is 5.72. The molecule has 0 bridgehead atoms. The second-order valence-electron chi connectivity index (χ2n) is 5.62. The zero-order valence-corrected chi connectivity index (χ0v) is 12.5. The monoisotopic (exact) mass is 273 g/mol. The molecule has 2 rings (SSSR count). The Morgan fingerprint density at radius 2 is 1.70 bits per heavy atom. The van der Waals surface area contributed by atoms with Gasteiger partial charge >= 0.3 is 0 Å². The summed E-state index contributed by atoms with van der Waals surface area (Å²) in [4.78, 5) is 0. The van der Waals surface area contributed by atoms with Crippen molar-refractivity contribution in [3.8, 4) is 5.75 Å². The highest BCUT2D eigenvalue weighted by Crippen LogP contribution is 2.28. The summed E-state index contributed by atoms with van der Waals surface area (Å²) in [7, 11) is 0. The maximum Gasteiger partial charge on any atom is 0.146 e. The molecule has 3 heteroatoms. The van der Waals surface area contributed by atoms with Crippen molar-refractivity contribution in [3.05, 3.63) is 53.5 Å². The van der Waals surface area contributed by atoms with Gasteiger partial charge in [-0.25, -0.2) is 0 Å². The molecule has 0 amide bonds. The second kappa shape index (κ2) is 6.14. The molecular weight excluding hydrogens is 250 g/mol. The highest BCUT2D eigenvalue weighted by Gasteiger charge is 2.17. The topological polar surface area (TPSA) is 48.4 Å². The van der Waals surface area contributed by atoms with Crippen molar-refractivity contribution in [2.75, 3.05) is 0 Å². The third-order valence-corrected chi connectivity index (χ3v) is 3.82. The molecule has 2 N–H and O–H groups in total. The fourth-order valence-corrected chi connectivity index (χ4v) is 1.97. The van der Waals surface area contributed by atoms with Gasteiger partial charge in [-0.1, -0.05) is 32.9 Å². The second-order valence-corrected chi connectivity index (χ2v) is 5.62. The van der Waals surface area contributed by atoms with Gasteiger partial charge in [-0.3, -0.25) is 0 Å². The molecule has 0 saturated carbocycles. The largest absolute Gasteiger partial charge is 0.486 e. The summed E-state index contributed by atoms with van der Waals surface area (Å²) < 4.78 is 11.2. The van der Waals surface area contributed by atoms with Gasteiger partial charge in [0.1, 0.15) is 23.9 Å². The SMILES string of the molecule is CCC(C)(C)c1ccc(OCc2ccc(CN)o2)cc1. The fourth-order valence-electron chi connectivity index (χ4n) is 1.97. The molecule has 1 aromatic heterocycles. The molecule has 0 saturated heterocycles. The molecule has 1 heterocycles. The number of nitrogens with two attached hydrogens (primary N) is 1. The predicted molar refractivity (Wildman–Crippen MR) is 80.7 cm³/mol. The maximum atomic E-state index is 5.72. The van der Waals surface area contributed by atoms with E-state index < -0.39 is 0 Å². The molecule has 1 aromatic carbocycles. The summed E-state index contributed by atoms with van der Waals surface area (Å²) in [5.41, 5.74) is 7.04. The molecule has 108 valence electrons. The van der Waals surface area contributed by atoms with E-state index in [1.54, 1.807) is 0 Å². The Balaban J connectivity index is 1.97. The van der Waals surface area contributed by atoms with E-state index in [-0.39, 0.29) is 5.41 Å². The molecule has 0 spiro atoms. The number of hydrogen-bond donors (Lipinski definition) is 1. The Morgan fingerprint density at radius 3 is 2.25 bits per heavy atom. The first-order valence-corrected chi connectivity index (χ1v) is 7.06. The minimum atomic E-state index is 0.204. The lowest BCUT2D eigenvalue weighted by Crippen LogP contribution is -2.15. The smallest absolute Gasteiger partial charge is 0.146 e. The highest BCUT2D eigenvalue weighted by atomic mass is 16.5. The number of rotatable bonds is 6. The zero-order chi connectivity index (χ0) is 14.6. The first-order chi connectivity index (χ1) is 9.55. The van der Waals surface area contributed by atoms with Crippen LogP contribution in [0.2, 0.25) is 0 Å². The molecule has 20 heavy (non-hydrogen) atoms. The van der Waals surface area contributed by atoms with Crippen molar-refractivity contribution in [2.45, 2.75) is 45.8 Å². The van der Waals surface area contributed by atoms with Gasteiger partial charge in [-0.05, 0) is 41.7 Å². The van der Waals surface area contributed by atoms with Crippen molar-refractivity contribution >= 4 is 0 Å². The molecule has 2 aromatic rings. The molecule has 0 atom stereocenters. The minimum absolute atomic E-state index is 0.204. The highest BCUT2D eigenvalue weighted by molar-refractivity contribution is 5.31. The van der Waals surface area contributed by atoms with Crippen molar-refractivity contribution in [1.82, 2.24) is 0 Å². The molecule has 0 radical (unpaired) electrons. The molecule has 0 aliphatic rings. The molecule has 0 aliphatic carbocycles. The average molecular weight is 273 g/mol. The van der Waals surface area contributed by atoms with Gasteiger partial charge in [0.05, 0.1) is 6.54 Å². The normalized spacial score (nSPS) is 11.6. The van der Waals surface area contributed by atoms with Crippen LogP contribution in [-0.4, -0.2) is 0 Å². The first kappa shape index (κ1) is 14.7. The molecule has 0 unspecified atom stereocenters. The Kier molecular flexibility index (Phi) is 4.50. The van der Waals surface area contributed by atoms with Gasteiger partial charge in [0.2, 0.25) is 0 Å². The van der Waals surface area contributed by atoms with Crippen LogP contribution in [0.25, 0.3) is 0 Å². The van der Waals surface area contributed by atoms with Crippen LogP contribution in [0.3, 0.4) is 0 Å². The Bertz CT molecular complexity index is 540. The van der Waals surface area contributed by atoms with E-state index in [4.69, 9.17) is 14.9 Å². The van der Waals surface area contributed by atoms with Gasteiger partial charge in [-0.2, -0.15) is 0 Å². The lowest BCUT2D eigenvalue weighted by Gasteiger charge is -2.23.